The third kappa shape index (κ3) is 6.16. The fraction of sp³-hybridized carbons (Fsp3) is 0.560. The van der Waals surface area contributed by atoms with Crippen molar-refractivity contribution in [2.75, 3.05) is 0 Å². The van der Waals surface area contributed by atoms with E-state index in [9.17, 15) is 15.0 Å². The summed E-state index contributed by atoms with van der Waals surface area (Å²) in [5.74, 6) is 0.0327. The van der Waals surface area contributed by atoms with Crippen molar-refractivity contribution in [1.82, 2.24) is 0 Å². The van der Waals surface area contributed by atoms with Crippen LogP contribution in [0.25, 0.3) is 0 Å². The van der Waals surface area contributed by atoms with E-state index in [1.807, 2.05) is 6.07 Å². The number of allylic oxidation sites excluding steroid dienone is 2. The van der Waals surface area contributed by atoms with E-state index < -0.39 is 0 Å². The molecule has 1 saturated carbocycles. The first-order chi connectivity index (χ1) is 14.5. The predicted molar refractivity (Wildman–Crippen MR) is 125 cm³/mol. The number of aliphatic hydroxyl groups is 2. The average Bonchev–Trinajstić information content (AvgIpc) is 3.26. The molecule has 1 aromatic rings. The molecular weight excluding hydrogens is 416 g/mol. The second-order valence-corrected chi connectivity index (χ2v) is 10.5. The molecule has 164 valence electrons. The van der Waals surface area contributed by atoms with E-state index >= 15 is 0 Å². The topological polar surface area (TPSA) is 57.5 Å². The van der Waals surface area contributed by atoms with Crippen LogP contribution >= 0.6 is 22.9 Å². The molecule has 0 spiro atoms. The smallest absolute Gasteiger partial charge is 0.120 e. The number of thiophene rings is 1. The molecule has 1 fully saturated rings. The lowest BCUT2D eigenvalue weighted by Gasteiger charge is -2.45. The van der Waals surface area contributed by atoms with Gasteiger partial charge in [0, 0.05) is 22.6 Å². The lowest BCUT2D eigenvalue weighted by Crippen LogP contribution is -2.42. The molecule has 3 rings (SSSR count). The molecule has 0 aromatic carbocycles. The number of unbranched alkanes of at least 4 members (excludes halogenated alkanes) is 2. The van der Waals surface area contributed by atoms with Gasteiger partial charge in [-0.3, -0.25) is 0 Å². The highest BCUT2D eigenvalue weighted by Crippen LogP contribution is 2.48. The summed E-state index contributed by atoms with van der Waals surface area (Å²) in [4.78, 5) is 11.6. The molecule has 2 aliphatic rings. The van der Waals surface area contributed by atoms with Crippen molar-refractivity contribution in [2.24, 2.45) is 11.3 Å². The molecular formula is C25H33ClO3S. The minimum Gasteiger partial charge on any atom is -0.392 e. The Hall–Kier alpha value is -1.20. The van der Waals surface area contributed by atoms with Gasteiger partial charge in [-0.05, 0) is 63.5 Å². The number of aliphatic hydroxyl groups excluding tert-OH is 2. The zero-order valence-corrected chi connectivity index (χ0v) is 19.1. The summed E-state index contributed by atoms with van der Waals surface area (Å²) in [5, 5.41) is 21.3. The highest BCUT2D eigenvalue weighted by Gasteiger charge is 2.43. The molecule has 0 saturated heterocycles. The predicted octanol–water partition coefficient (Wildman–Crippen LogP) is 6.04. The molecule has 3 atom stereocenters. The molecule has 3 nitrogen and oxygen atoms in total. The van der Waals surface area contributed by atoms with Gasteiger partial charge in [0.2, 0.25) is 0 Å². The Bertz CT molecular complexity index is 775. The molecule has 2 N–H and O–H groups in total. The zero-order chi connectivity index (χ0) is 21.4. The van der Waals surface area contributed by atoms with Crippen LogP contribution in [0.15, 0.2) is 48.1 Å². The third-order valence-corrected chi connectivity index (χ3v) is 7.82. The number of hydrogen-bond acceptors (Lipinski definition) is 4. The Morgan fingerprint density at radius 1 is 1.23 bits per heavy atom. The van der Waals surface area contributed by atoms with Gasteiger partial charge in [0.15, 0.2) is 0 Å². The Morgan fingerprint density at radius 2 is 2.07 bits per heavy atom. The SMILES string of the molecule is O=CCCC/C=C\CC1=CC[C@@H](O)[C@@H]1/C=C/CC(O)C1(Cc2ccc(Cl)s2)CCC1. The fourth-order valence-corrected chi connectivity index (χ4v) is 5.83. The fourth-order valence-electron chi connectivity index (χ4n) is 4.59. The van der Waals surface area contributed by atoms with Crippen LogP contribution < -0.4 is 0 Å². The van der Waals surface area contributed by atoms with Crippen LogP contribution in [-0.4, -0.2) is 28.7 Å². The van der Waals surface area contributed by atoms with E-state index in [1.165, 1.54) is 16.9 Å². The number of halogens is 1. The number of carbonyl (C=O) groups is 1. The first-order valence-electron chi connectivity index (χ1n) is 11.1. The van der Waals surface area contributed by atoms with Gasteiger partial charge < -0.3 is 15.0 Å². The quantitative estimate of drug-likeness (QED) is 0.232. The lowest BCUT2D eigenvalue weighted by atomic mass is 9.62. The summed E-state index contributed by atoms with van der Waals surface area (Å²) in [6.07, 6.45) is 19.5. The Kier molecular flexibility index (Phi) is 8.94. The number of aldehydes is 1. The molecule has 2 aliphatic carbocycles. The Balaban J connectivity index is 1.51. The van der Waals surface area contributed by atoms with Crippen LogP contribution in [0, 0.1) is 11.3 Å². The minimum absolute atomic E-state index is 0.0320. The first-order valence-corrected chi connectivity index (χ1v) is 12.3. The van der Waals surface area contributed by atoms with E-state index in [0.717, 1.165) is 49.1 Å². The van der Waals surface area contributed by atoms with Crippen LogP contribution in [0.5, 0.6) is 0 Å². The van der Waals surface area contributed by atoms with Crippen molar-refractivity contribution in [2.45, 2.75) is 76.4 Å². The molecule has 0 aliphatic heterocycles. The summed E-state index contributed by atoms with van der Waals surface area (Å²) in [7, 11) is 0. The van der Waals surface area contributed by atoms with E-state index in [0.29, 0.717) is 19.3 Å². The van der Waals surface area contributed by atoms with Crippen LogP contribution in [0.2, 0.25) is 4.34 Å². The monoisotopic (exact) mass is 448 g/mol. The highest BCUT2D eigenvalue weighted by atomic mass is 35.5. The second-order valence-electron chi connectivity index (χ2n) is 8.66. The normalized spacial score (nSPS) is 24.3. The first kappa shape index (κ1) is 23.5. The molecule has 0 radical (unpaired) electrons. The summed E-state index contributed by atoms with van der Waals surface area (Å²) < 4.78 is 0.807. The highest BCUT2D eigenvalue weighted by molar-refractivity contribution is 7.16. The van der Waals surface area contributed by atoms with Gasteiger partial charge in [0.25, 0.3) is 0 Å². The molecule has 1 unspecified atom stereocenters. The molecule has 5 heteroatoms. The van der Waals surface area contributed by atoms with Crippen LogP contribution in [0.4, 0.5) is 0 Å². The van der Waals surface area contributed by atoms with Gasteiger partial charge >= 0.3 is 0 Å². The average molecular weight is 449 g/mol. The van der Waals surface area contributed by atoms with Crippen LogP contribution in [-0.2, 0) is 11.2 Å². The van der Waals surface area contributed by atoms with Crippen molar-refractivity contribution < 1.29 is 15.0 Å². The second kappa shape index (κ2) is 11.4. The summed E-state index contributed by atoms with van der Waals surface area (Å²) in [6.45, 7) is 0. The van der Waals surface area contributed by atoms with Gasteiger partial charge in [-0.25, -0.2) is 0 Å². The number of carbonyl (C=O) groups excluding carboxylic acids is 1. The van der Waals surface area contributed by atoms with Gasteiger partial charge in [-0.15, -0.1) is 11.3 Å². The van der Waals surface area contributed by atoms with Gasteiger partial charge in [-0.1, -0.05) is 54.0 Å². The zero-order valence-electron chi connectivity index (χ0n) is 17.5. The Labute approximate surface area is 189 Å². The van der Waals surface area contributed by atoms with Crippen molar-refractivity contribution in [3.05, 3.63) is 57.3 Å². The van der Waals surface area contributed by atoms with Crippen molar-refractivity contribution >= 4 is 29.2 Å². The lowest BCUT2D eigenvalue weighted by molar-refractivity contribution is -0.107. The van der Waals surface area contributed by atoms with E-state index in [2.05, 4.69) is 36.4 Å². The third-order valence-electron chi connectivity index (χ3n) is 6.59. The Morgan fingerprint density at radius 3 is 2.73 bits per heavy atom. The molecule has 30 heavy (non-hydrogen) atoms. The molecule has 1 heterocycles. The van der Waals surface area contributed by atoms with Crippen LogP contribution in [0.3, 0.4) is 0 Å². The maximum Gasteiger partial charge on any atom is 0.120 e. The van der Waals surface area contributed by atoms with Gasteiger partial charge in [-0.2, -0.15) is 0 Å². The molecule has 1 aromatic heterocycles. The van der Waals surface area contributed by atoms with Gasteiger partial charge in [0.05, 0.1) is 16.5 Å². The molecule has 0 bridgehead atoms. The summed E-state index contributed by atoms with van der Waals surface area (Å²) in [6, 6.07) is 4.01. The van der Waals surface area contributed by atoms with Crippen LogP contribution in [0.1, 0.15) is 62.7 Å². The largest absolute Gasteiger partial charge is 0.392 e. The van der Waals surface area contributed by atoms with E-state index in [4.69, 9.17) is 11.6 Å². The number of hydrogen-bond donors (Lipinski definition) is 2. The standard InChI is InChI=1S/C25H33ClO3S/c26-24-14-12-20(30-24)18-25(15-7-16-25)23(29)10-6-9-21-19(11-13-22(21)28)8-4-2-1-3-5-17-27/h2,4,6,9,11-12,14,17,21-23,28-29H,1,3,5,7-8,10,13,15-16,18H2/b4-2-,9-6+/t21-,22-,23?/m1/s1. The molecule has 0 amide bonds. The summed E-state index contributed by atoms with van der Waals surface area (Å²) in [5.41, 5.74) is 1.21. The van der Waals surface area contributed by atoms with Crippen molar-refractivity contribution in [3.8, 4) is 0 Å². The number of rotatable bonds is 12. The van der Waals surface area contributed by atoms with Gasteiger partial charge in [0.1, 0.15) is 6.29 Å². The van der Waals surface area contributed by atoms with Crippen molar-refractivity contribution in [1.29, 1.82) is 0 Å². The minimum atomic E-state index is -0.372. The maximum atomic E-state index is 10.9. The summed E-state index contributed by atoms with van der Waals surface area (Å²) >= 11 is 7.69. The van der Waals surface area contributed by atoms with Crippen molar-refractivity contribution in [3.63, 3.8) is 0 Å². The maximum absolute atomic E-state index is 10.9. The van der Waals surface area contributed by atoms with E-state index in [1.54, 1.807) is 11.3 Å². The van der Waals surface area contributed by atoms with E-state index in [-0.39, 0.29) is 23.5 Å².